The molecule has 2 atom stereocenters. The molecule has 0 unspecified atom stereocenters. The van der Waals surface area contributed by atoms with E-state index >= 15 is 0 Å². The Balaban J connectivity index is 1.97. The fourth-order valence-corrected chi connectivity index (χ4v) is 3.27. The lowest BCUT2D eigenvalue weighted by molar-refractivity contribution is 0.0688. The van der Waals surface area contributed by atoms with Gasteiger partial charge in [-0.05, 0) is 37.3 Å². The maximum atomic E-state index is 11.3. The molecule has 0 saturated heterocycles. The van der Waals surface area contributed by atoms with Crippen molar-refractivity contribution in [2.75, 3.05) is 0 Å². The zero-order chi connectivity index (χ0) is 13.1. The Labute approximate surface area is 110 Å². The van der Waals surface area contributed by atoms with Gasteiger partial charge in [-0.15, -0.1) is 0 Å². The Morgan fingerprint density at radius 1 is 1.42 bits per heavy atom. The number of fused-ring (bicyclic) bond motifs is 3. The second kappa shape index (κ2) is 3.47. The second-order valence-electron chi connectivity index (χ2n) is 5.52. The highest BCUT2D eigenvalue weighted by molar-refractivity contribution is 5.88. The van der Waals surface area contributed by atoms with Crippen molar-refractivity contribution in [1.82, 2.24) is 9.78 Å². The summed E-state index contributed by atoms with van der Waals surface area (Å²) in [5.74, 6) is 0.265. The summed E-state index contributed by atoms with van der Waals surface area (Å²) >= 11 is 0. The van der Waals surface area contributed by atoms with Crippen LogP contribution in [-0.4, -0.2) is 20.9 Å². The minimum atomic E-state index is -0.912. The van der Waals surface area contributed by atoms with E-state index in [1.807, 2.05) is 35.9 Å². The van der Waals surface area contributed by atoms with Crippen molar-refractivity contribution >= 4 is 5.97 Å². The highest BCUT2D eigenvalue weighted by atomic mass is 16.4. The molecule has 0 radical (unpaired) electrons. The number of nitrogens with zero attached hydrogens (tertiary/aromatic N) is 2. The van der Waals surface area contributed by atoms with E-state index in [1.165, 1.54) is 6.42 Å². The van der Waals surface area contributed by atoms with Gasteiger partial charge in [0.2, 0.25) is 0 Å². The van der Waals surface area contributed by atoms with Crippen LogP contribution in [0.25, 0.3) is 5.69 Å². The van der Waals surface area contributed by atoms with Crippen LogP contribution in [0.15, 0.2) is 24.3 Å². The third-order valence-electron chi connectivity index (χ3n) is 4.31. The first-order valence-corrected chi connectivity index (χ1v) is 6.58. The standard InChI is InChI=1S/C15H14N2O2/c1-8-4-2-3-5-12(8)17-14-10-6-9(10)7-11(14)13(16-17)15(18)19/h2-5,9-10H,6-7H2,1H3,(H,18,19)/t9-,10-/m1/s1. The Morgan fingerprint density at radius 3 is 2.95 bits per heavy atom. The molecular formula is C15H14N2O2. The molecule has 0 spiro atoms. The quantitative estimate of drug-likeness (QED) is 0.896. The van der Waals surface area contributed by atoms with Crippen molar-refractivity contribution in [2.24, 2.45) is 5.92 Å². The number of para-hydroxylation sites is 1. The Kier molecular flexibility index (Phi) is 1.97. The predicted molar refractivity (Wildman–Crippen MR) is 69.8 cm³/mol. The van der Waals surface area contributed by atoms with Gasteiger partial charge in [0.25, 0.3) is 0 Å². The van der Waals surface area contributed by atoms with E-state index in [-0.39, 0.29) is 5.69 Å². The number of rotatable bonds is 2. The molecule has 0 bridgehead atoms. The van der Waals surface area contributed by atoms with Crippen LogP contribution < -0.4 is 0 Å². The largest absolute Gasteiger partial charge is 0.476 e. The van der Waals surface area contributed by atoms with Gasteiger partial charge in [0.15, 0.2) is 5.69 Å². The summed E-state index contributed by atoms with van der Waals surface area (Å²) in [4.78, 5) is 11.3. The van der Waals surface area contributed by atoms with E-state index < -0.39 is 5.97 Å². The molecule has 1 aromatic carbocycles. The number of carboxylic acids is 1. The van der Waals surface area contributed by atoms with Gasteiger partial charge in [0.05, 0.1) is 11.4 Å². The van der Waals surface area contributed by atoms with Crippen molar-refractivity contribution in [2.45, 2.75) is 25.7 Å². The van der Waals surface area contributed by atoms with Gasteiger partial charge in [-0.3, -0.25) is 0 Å². The van der Waals surface area contributed by atoms with Crippen LogP contribution in [0.2, 0.25) is 0 Å². The monoisotopic (exact) mass is 254 g/mol. The van der Waals surface area contributed by atoms with Crippen molar-refractivity contribution in [1.29, 1.82) is 0 Å². The zero-order valence-electron chi connectivity index (χ0n) is 10.6. The Hall–Kier alpha value is -2.10. The number of aromatic nitrogens is 2. The average Bonchev–Trinajstić information content (AvgIpc) is 2.89. The Morgan fingerprint density at radius 2 is 2.21 bits per heavy atom. The third kappa shape index (κ3) is 1.40. The minimum absolute atomic E-state index is 0.241. The molecule has 1 N–H and O–H groups in total. The molecule has 19 heavy (non-hydrogen) atoms. The lowest BCUT2D eigenvalue weighted by Gasteiger charge is -2.09. The minimum Gasteiger partial charge on any atom is -0.476 e. The van der Waals surface area contributed by atoms with E-state index in [0.717, 1.165) is 28.9 Å². The normalized spacial score (nSPS) is 23.0. The number of carbonyl (C=O) groups is 1. The average molecular weight is 254 g/mol. The first-order valence-electron chi connectivity index (χ1n) is 6.58. The number of hydrogen-bond donors (Lipinski definition) is 1. The van der Waals surface area contributed by atoms with E-state index in [4.69, 9.17) is 0 Å². The van der Waals surface area contributed by atoms with Gasteiger partial charge >= 0.3 is 5.97 Å². The number of benzene rings is 1. The van der Waals surface area contributed by atoms with E-state index in [9.17, 15) is 9.90 Å². The van der Waals surface area contributed by atoms with Gasteiger partial charge in [-0.1, -0.05) is 18.2 Å². The molecule has 1 fully saturated rings. The summed E-state index contributed by atoms with van der Waals surface area (Å²) < 4.78 is 1.87. The molecule has 1 saturated carbocycles. The van der Waals surface area contributed by atoms with Crippen LogP contribution in [0.5, 0.6) is 0 Å². The zero-order valence-corrected chi connectivity index (χ0v) is 10.6. The fraction of sp³-hybridized carbons (Fsp3) is 0.333. The number of carboxylic acid groups (broad SMARTS) is 1. The van der Waals surface area contributed by atoms with E-state index in [1.54, 1.807) is 0 Å². The maximum Gasteiger partial charge on any atom is 0.356 e. The van der Waals surface area contributed by atoms with Crippen molar-refractivity contribution < 1.29 is 9.90 Å². The number of aryl methyl sites for hydroxylation is 1. The highest BCUT2D eigenvalue weighted by Crippen LogP contribution is 2.57. The SMILES string of the molecule is Cc1ccccc1-n1nc(C(=O)O)c2c1[C@@H]1C[C@@H]1C2. The van der Waals surface area contributed by atoms with Crippen LogP contribution >= 0.6 is 0 Å². The number of hydrogen-bond acceptors (Lipinski definition) is 2. The lowest BCUT2D eigenvalue weighted by atomic mass is 10.1. The van der Waals surface area contributed by atoms with Crippen LogP contribution in [0, 0.1) is 12.8 Å². The van der Waals surface area contributed by atoms with Crippen molar-refractivity contribution in [3.63, 3.8) is 0 Å². The molecule has 0 amide bonds. The molecule has 4 heteroatoms. The van der Waals surface area contributed by atoms with Gasteiger partial charge in [-0.25, -0.2) is 9.48 Å². The van der Waals surface area contributed by atoms with Crippen LogP contribution in [0.3, 0.4) is 0 Å². The Bertz CT molecular complexity index is 702. The topological polar surface area (TPSA) is 55.1 Å². The summed E-state index contributed by atoms with van der Waals surface area (Å²) in [7, 11) is 0. The summed E-state index contributed by atoms with van der Waals surface area (Å²) in [5.41, 5.74) is 4.45. The molecule has 2 aliphatic carbocycles. The van der Waals surface area contributed by atoms with E-state index in [0.29, 0.717) is 11.8 Å². The second-order valence-corrected chi connectivity index (χ2v) is 5.52. The number of aromatic carboxylic acids is 1. The first kappa shape index (κ1) is 10.8. The molecule has 1 heterocycles. The highest BCUT2D eigenvalue weighted by Gasteiger charge is 2.50. The smallest absolute Gasteiger partial charge is 0.356 e. The molecule has 1 aromatic heterocycles. The van der Waals surface area contributed by atoms with Crippen LogP contribution in [0.4, 0.5) is 0 Å². The molecule has 96 valence electrons. The van der Waals surface area contributed by atoms with Crippen molar-refractivity contribution in [3.05, 3.63) is 46.8 Å². The molecule has 2 aromatic rings. The van der Waals surface area contributed by atoms with Crippen LogP contribution in [-0.2, 0) is 6.42 Å². The van der Waals surface area contributed by atoms with Crippen molar-refractivity contribution in [3.8, 4) is 5.69 Å². The molecule has 0 aliphatic heterocycles. The van der Waals surface area contributed by atoms with Gasteiger partial charge in [0, 0.05) is 11.5 Å². The maximum absolute atomic E-state index is 11.3. The fourth-order valence-electron chi connectivity index (χ4n) is 3.27. The van der Waals surface area contributed by atoms with Gasteiger partial charge in [0.1, 0.15) is 0 Å². The summed E-state index contributed by atoms with van der Waals surface area (Å²) in [6.07, 6.45) is 2.07. The molecule has 4 nitrogen and oxygen atoms in total. The molecule has 2 aliphatic rings. The summed E-state index contributed by atoms with van der Waals surface area (Å²) in [5, 5.41) is 13.7. The lowest BCUT2D eigenvalue weighted by Crippen LogP contribution is -2.05. The molecule has 4 rings (SSSR count). The third-order valence-corrected chi connectivity index (χ3v) is 4.31. The van der Waals surface area contributed by atoms with E-state index in [2.05, 4.69) is 5.10 Å². The van der Waals surface area contributed by atoms with Gasteiger partial charge < -0.3 is 5.11 Å². The van der Waals surface area contributed by atoms with Gasteiger partial charge in [-0.2, -0.15) is 5.10 Å². The predicted octanol–water partition coefficient (Wildman–Crippen LogP) is 2.54. The summed E-state index contributed by atoms with van der Waals surface area (Å²) in [6, 6.07) is 7.99. The molecular weight excluding hydrogens is 240 g/mol. The first-order chi connectivity index (χ1) is 9.16. The summed E-state index contributed by atoms with van der Waals surface area (Å²) in [6.45, 7) is 2.03. The van der Waals surface area contributed by atoms with Crippen LogP contribution in [0.1, 0.15) is 39.6 Å².